The lowest BCUT2D eigenvalue weighted by Gasteiger charge is -2.17. The van der Waals surface area contributed by atoms with E-state index in [0.717, 1.165) is 17.9 Å². The summed E-state index contributed by atoms with van der Waals surface area (Å²) in [6.07, 6.45) is 2.96. The van der Waals surface area contributed by atoms with Gasteiger partial charge in [0.05, 0.1) is 6.20 Å². The number of hydrogen-bond acceptors (Lipinski definition) is 3. The highest BCUT2D eigenvalue weighted by atomic mass is 32.2. The maximum absolute atomic E-state index is 13.3. The number of hydrogen-bond donors (Lipinski definition) is 1. The van der Waals surface area contributed by atoms with Crippen molar-refractivity contribution in [1.29, 1.82) is 0 Å². The van der Waals surface area contributed by atoms with E-state index in [1.165, 1.54) is 16.7 Å². The topological polar surface area (TPSA) is 24.9 Å². The quantitative estimate of drug-likeness (QED) is 0.815. The summed E-state index contributed by atoms with van der Waals surface area (Å²) in [7, 11) is 0. The summed E-state index contributed by atoms with van der Waals surface area (Å²) in [5, 5.41) is 3.38. The van der Waals surface area contributed by atoms with E-state index in [0.29, 0.717) is 0 Å². The van der Waals surface area contributed by atoms with E-state index < -0.39 is 0 Å². The van der Waals surface area contributed by atoms with Gasteiger partial charge in [0.25, 0.3) is 0 Å². The third kappa shape index (κ3) is 4.32. The standard InChI is InChI=1S/C16H19FN2S/c1-3-19-16(13-8-14(17)10-18-9-13)11-20-15-6-4-12(2)5-7-15/h4-10,16,19H,3,11H2,1-2H3. The molecule has 1 atom stereocenters. The molecule has 1 heterocycles. The first kappa shape index (κ1) is 15.0. The lowest BCUT2D eigenvalue weighted by Crippen LogP contribution is -2.23. The van der Waals surface area contributed by atoms with E-state index in [2.05, 4.69) is 48.4 Å². The summed E-state index contributed by atoms with van der Waals surface area (Å²) in [6, 6.07) is 10.1. The molecule has 0 spiro atoms. The molecule has 1 N–H and O–H groups in total. The van der Waals surface area contributed by atoms with Crippen LogP contribution in [0.3, 0.4) is 0 Å². The van der Waals surface area contributed by atoms with Crippen molar-refractivity contribution in [3.05, 3.63) is 59.7 Å². The fraction of sp³-hybridized carbons (Fsp3) is 0.312. The van der Waals surface area contributed by atoms with E-state index in [4.69, 9.17) is 0 Å². The zero-order valence-corrected chi connectivity index (χ0v) is 12.6. The molecule has 0 amide bonds. The molecule has 1 aromatic heterocycles. The number of aromatic nitrogens is 1. The molecule has 0 aliphatic heterocycles. The van der Waals surface area contributed by atoms with E-state index in [1.807, 2.05) is 0 Å². The molecule has 106 valence electrons. The highest BCUT2D eigenvalue weighted by Crippen LogP contribution is 2.25. The fourth-order valence-corrected chi connectivity index (χ4v) is 2.95. The summed E-state index contributed by atoms with van der Waals surface area (Å²) < 4.78 is 13.3. The van der Waals surface area contributed by atoms with Gasteiger partial charge in [-0.1, -0.05) is 24.6 Å². The van der Waals surface area contributed by atoms with Crippen molar-refractivity contribution in [2.45, 2.75) is 24.8 Å². The second-order valence-corrected chi connectivity index (χ2v) is 5.76. The van der Waals surface area contributed by atoms with Crippen LogP contribution in [0.25, 0.3) is 0 Å². The largest absolute Gasteiger partial charge is 0.309 e. The molecular weight excluding hydrogens is 271 g/mol. The number of nitrogens with zero attached hydrogens (tertiary/aromatic N) is 1. The van der Waals surface area contributed by atoms with E-state index in [9.17, 15) is 4.39 Å². The van der Waals surface area contributed by atoms with Gasteiger partial charge in [-0.2, -0.15) is 0 Å². The van der Waals surface area contributed by atoms with Gasteiger partial charge in [-0.25, -0.2) is 4.39 Å². The van der Waals surface area contributed by atoms with E-state index in [1.54, 1.807) is 24.0 Å². The van der Waals surface area contributed by atoms with Crippen molar-refractivity contribution in [1.82, 2.24) is 10.3 Å². The SMILES string of the molecule is CCNC(CSc1ccc(C)cc1)c1cncc(F)c1. The van der Waals surface area contributed by atoms with Crippen LogP contribution in [0.15, 0.2) is 47.6 Å². The summed E-state index contributed by atoms with van der Waals surface area (Å²) in [5.41, 5.74) is 2.15. The molecule has 1 aromatic carbocycles. The number of thioether (sulfide) groups is 1. The third-order valence-corrected chi connectivity index (χ3v) is 4.12. The van der Waals surface area contributed by atoms with Crippen LogP contribution >= 0.6 is 11.8 Å². The van der Waals surface area contributed by atoms with Crippen LogP contribution in [-0.2, 0) is 0 Å². The van der Waals surface area contributed by atoms with Crippen molar-refractivity contribution in [2.75, 3.05) is 12.3 Å². The van der Waals surface area contributed by atoms with Gasteiger partial charge in [-0.05, 0) is 37.2 Å². The van der Waals surface area contributed by atoms with Crippen LogP contribution in [-0.4, -0.2) is 17.3 Å². The van der Waals surface area contributed by atoms with Crippen molar-refractivity contribution < 1.29 is 4.39 Å². The molecule has 2 rings (SSSR count). The molecular formula is C16H19FN2S. The molecule has 2 aromatic rings. The molecule has 0 fully saturated rings. The van der Waals surface area contributed by atoms with Gasteiger partial charge >= 0.3 is 0 Å². The van der Waals surface area contributed by atoms with Crippen molar-refractivity contribution in [2.24, 2.45) is 0 Å². The molecule has 0 bridgehead atoms. The summed E-state index contributed by atoms with van der Waals surface area (Å²) >= 11 is 1.77. The van der Waals surface area contributed by atoms with Gasteiger partial charge in [0, 0.05) is 22.9 Å². The Labute approximate surface area is 123 Å². The molecule has 0 radical (unpaired) electrons. The van der Waals surface area contributed by atoms with Crippen LogP contribution in [0.1, 0.15) is 24.1 Å². The lowest BCUT2D eigenvalue weighted by molar-refractivity contribution is 0.582. The van der Waals surface area contributed by atoms with E-state index >= 15 is 0 Å². The molecule has 4 heteroatoms. The van der Waals surface area contributed by atoms with E-state index in [-0.39, 0.29) is 11.9 Å². The first-order valence-corrected chi connectivity index (χ1v) is 7.71. The Bertz CT molecular complexity index is 542. The van der Waals surface area contributed by atoms with Gasteiger partial charge in [0.2, 0.25) is 0 Å². The van der Waals surface area contributed by atoms with Crippen molar-refractivity contribution in [3.8, 4) is 0 Å². The van der Waals surface area contributed by atoms with Crippen molar-refractivity contribution >= 4 is 11.8 Å². The number of pyridine rings is 1. The first-order valence-electron chi connectivity index (χ1n) is 6.72. The number of nitrogens with one attached hydrogen (secondary N) is 1. The number of halogens is 1. The van der Waals surface area contributed by atoms with Gasteiger partial charge in [0.1, 0.15) is 5.82 Å². The predicted octanol–water partition coefficient (Wildman–Crippen LogP) is 3.97. The second kappa shape index (κ2) is 7.41. The van der Waals surface area contributed by atoms with Crippen LogP contribution < -0.4 is 5.32 Å². The predicted molar refractivity (Wildman–Crippen MR) is 82.5 cm³/mol. The smallest absolute Gasteiger partial charge is 0.141 e. The number of benzene rings is 1. The van der Waals surface area contributed by atoms with Crippen LogP contribution in [0.4, 0.5) is 4.39 Å². The minimum atomic E-state index is -0.286. The summed E-state index contributed by atoms with van der Waals surface area (Å²) in [5.74, 6) is 0.563. The molecule has 0 aliphatic rings. The highest BCUT2D eigenvalue weighted by molar-refractivity contribution is 7.99. The average molecular weight is 290 g/mol. The normalized spacial score (nSPS) is 12.3. The Morgan fingerprint density at radius 1 is 1.25 bits per heavy atom. The fourth-order valence-electron chi connectivity index (χ4n) is 1.95. The maximum atomic E-state index is 13.3. The Morgan fingerprint density at radius 3 is 2.65 bits per heavy atom. The van der Waals surface area contributed by atoms with Gasteiger partial charge in [-0.3, -0.25) is 4.98 Å². The van der Waals surface area contributed by atoms with Crippen LogP contribution in [0.2, 0.25) is 0 Å². The molecule has 0 saturated heterocycles. The highest BCUT2D eigenvalue weighted by Gasteiger charge is 2.12. The summed E-state index contributed by atoms with van der Waals surface area (Å²) in [4.78, 5) is 5.15. The zero-order valence-electron chi connectivity index (χ0n) is 11.8. The molecule has 0 aliphatic carbocycles. The third-order valence-electron chi connectivity index (χ3n) is 3.02. The summed E-state index contributed by atoms with van der Waals surface area (Å²) in [6.45, 7) is 4.97. The monoisotopic (exact) mass is 290 g/mol. The van der Waals surface area contributed by atoms with Crippen molar-refractivity contribution in [3.63, 3.8) is 0 Å². The Balaban J connectivity index is 2.04. The average Bonchev–Trinajstić information content (AvgIpc) is 2.45. The van der Waals surface area contributed by atoms with Crippen LogP contribution in [0, 0.1) is 12.7 Å². The Hall–Kier alpha value is -1.39. The first-order chi connectivity index (χ1) is 9.69. The Kier molecular flexibility index (Phi) is 5.56. The molecule has 0 saturated carbocycles. The zero-order chi connectivity index (χ0) is 14.4. The van der Waals surface area contributed by atoms with Gasteiger partial charge in [0.15, 0.2) is 0 Å². The number of rotatable bonds is 6. The minimum absolute atomic E-state index is 0.106. The van der Waals surface area contributed by atoms with Gasteiger partial charge < -0.3 is 5.32 Å². The number of aryl methyl sites for hydroxylation is 1. The minimum Gasteiger partial charge on any atom is -0.309 e. The lowest BCUT2D eigenvalue weighted by atomic mass is 10.1. The molecule has 1 unspecified atom stereocenters. The van der Waals surface area contributed by atoms with Gasteiger partial charge in [-0.15, -0.1) is 11.8 Å². The molecule has 2 nitrogen and oxygen atoms in total. The second-order valence-electron chi connectivity index (χ2n) is 4.67. The Morgan fingerprint density at radius 2 is 2.00 bits per heavy atom. The maximum Gasteiger partial charge on any atom is 0.141 e. The van der Waals surface area contributed by atoms with Crippen LogP contribution in [0.5, 0.6) is 0 Å². The molecule has 20 heavy (non-hydrogen) atoms.